The highest BCUT2D eigenvalue weighted by Gasteiger charge is 2.67. The average molecular weight is 454 g/mol. The van der Waals surface area contributed by atoms with Crippen LogP contribution >= 0.6 is 23.2 Å². The van der Waals surface area contributed by atoms with Gasteiger partial charge >= 0.3 is 0 Å². The van der Waals surface area contributed by atoms with Gasteiger partial charge in [-0.1, -0.05) is 37.0 Å². The maximum Gasteiger partial charge on any atom is 0.237 e. The van der Waals surface area contributed by atoms with Gasteiger partial charge in [-0.15, -0.1) is 0 Å². The highest BCUT2D eigenvalue weighted by molar-refractivity contribution is 6.42. The Labute approximate surface area is 190 Å². The number of rotatable bonds is 3. The van der Waals surface area contributed by atoms with Gasteiger partial charge in [-0.3, -0.25) is 9.59 Å². The number of aromatic nitrogens is 2. The highest BCUT2D eigenvalue weighted by Crippen LogP contribution is 2.67. The molecule has 1 amide bonds. The largest absolute Gasteiger partial charge is 0.325 e. The molecule has 2 bridgehead atoms. The maximum absolute atomic E-state index is 13.8. The predicted molar refractivity (Wildman–Crippen MR) is 122 cm³/mol. The number of fused-ring (bicyclic) bond motifs is 6. The van der Waals surface area contributed by atoms with Gasteiger partial charge in [-0.2, -0.15) is 0 Å². The van der Waals surface area contributed by atoms with Crippen LogP contribution in [0.1, 0.15) is 61.3 Å². The molecule has 7 heteroatoms. The van der Waals surface area contributed by atoms with Crippen LogP contribution in [0.2, 0.25) is 10.0 Å². The quantitative estimate of drug-likeness (QED) is 0.498. The van der Waals surface area contributed by atoms with Crippen molar-refractivity contribution in [2.75, 3.05) is 5.32 Å². The van der Waals surface area contributed by atoms with Crippen LogP contribution in [0, 0.1) is 5.41 Å². The Morgan fingerprint density at radius 2 is 1.65 bits per heavy atom. The van der Waals surface area contributed by atoms with E-state index in [1.165, 1.54) is 6.92 Å². The number of benzene rings is 2. The van der Waals surface area contributed by atoms with Crippen LogP contribution in [0.5, 0.6) is 0 Å². The molecule has 2 atom stereocenters. The average Bonchev–Trinajstić information content (AvgIpc) is 3.09. The summed E-state index contributed by atoms with van der Waals surface area (Å²) in [6.07, 6.45) is 1.58. The maximum atomic E-state index is 13.8. The number of carbonyl (C=O) groups excluding carboxylic acids is 2. The van der Waals surface area contributed by atoms with Gasteiger partial charge in [0.15, 0.2) is 5.78 Å². The van der Waals surface area contributed by atoms with E-state index in [9.17, 15) is 9.59 Å². The van der Waals surface area contributed by atoms with Crippen LogP contribution in [-0.4, -0.2) is 21.7 Å². The van der Waals surface area contributed by atoms with Crippen LogP contribution in [-0.2, 0) is 10.2 Å². The molecule has 2 aromatic carbocycles. The Bertz CT molecular complexity index is 1270. The fourth-order valence-corrected chi connectivity index (χ4v) is 5.72. The molecule has 1 heterocycles. The number of hydrogen-bond acceptors (Lipinski definition) is 4. The lowest BCUT2D eigenvalue weighted by atomic mass is 9.67. The summed E-state index contributed by atoms with van der Waals surface area (Å²) in [7, 11) is 0. The molecule has 1 fully saturated rings. The van der Waals surface area contributed by atoms with Gasteiger partial charge in [0.2, 0.25) is 5.91 Å². The SMILES string of the molecule is CC(=O)c1ccc(NC(=O)C23CCC(c4nc5cc(Cl)c(Cl)cc5nc42)C3(C)C)cc1. The minimum absolute atomic E-state index is 0.0122. The predicted octanol–water partition coefficient (Wildman–Crippen LogP) is 5.93. The summed E-state index contributed by atoms with van der Waals surface area (Å²) < 4.78 is 0. The van der Waals surface area contributed by atoms with Crippen molar-refractivity contribution in [1.29, 1.82) is 0 Å². The molecule has 5 rings (SSSR count). The van der Waals surface area contributed by atoms with Gasteiger partial charge in [0, 0.05) is 17.2 Å². The molecule has 5 nitrogen and oxygen atoms in total. The summed E-state index contributed by atoms with van der Waals surface area (Å²) in [4.78, 5) is 35.1. The van der Waals surface area contributed by atoms with E-state index in [0.717, 1.165) is 17.8 Å². The summed E-state index contributed by atoms with van der Waals surface area (Å²) >= 11 is 12.4. The van der Waals surface area contributed by atoms with E-state index in [-0.39, 0.29) is 23.0 Å². The number of nitrogens with zero attached hydrogens (tertiary/aromatic N) is 2. The topological polar surface area (TPSA) is 72.0 Å². The molecule has 0 saturated heterocycles. The van der Waals surface area contributed by atoms with Gasteiger partial charge in [0.25, 0.3) is 0 Å². The summed E-state index contributed by atoms with van der Waals surface area (Å²) in [5.74, 6) is 0.0320. The Morgan fingerprint density at radius 3 is 2.26 bits per heavy atom. The van der Waals surface area contributed by atoms with Crippen molar-refractivity contribution in [3.8, 4) is 0 Å². The summed E-state index contributed by atoms with van der Waals surface area (Å²) in [5, 5.41) is 3.92. The number of Topliss-reactive ketones (excluding diaryl/α,β-unsaturated/α-hetero) is 1. The Hall–Kier alpha value is -2.50. The lowest BCUT2D eigenvalue weighted by molar-refractivity contribution is -0.124. The smallest absolute Gasteiger partial charge is 0.237 e. The number of amides is 1. The molecule has 2 aliphatic rings. The molecule has 2 aliphatic carbocycles. The molecule has 31 heavy (non-hydrogen) atoms. The van der Waals surface area contributed by atoms with Gasteiger partial charge in [0.1, 0.15) is 0 Å². The summed E-state index contributed by atoms with van der Waals surface area (Å²) in [5.41, 5.74) is 3.06. The van der Waals surface area contributed by atoms with Crippen molar-refractivity contribution in [2.24, 2.45) is 5.41 Å². The number of ketones is 1. The molecular weight excluding hydrogens is 433 g/mol. The molecule has 0 radical (unpaired) electrons. The van der Waals surface area contributed by atoms with Crippen LogP contribution in [0.25, 0.3) is 11.0 Å². The van der Waals surface area contributed by atoms with Crippen molar-refractivity contribution < 1.29 is 9.59 Å². The van der Waals surface area contributed by atoms with Crippen molar-refractivity contribution in [3.63, 3.8) is 0 Å². The van der Waals surface area contributed by atoms with Crippen molar-refractivity contribution >= 4 is 51.6 Å². The number of hydrogen-bond donors (Lipinski definition) is 1. The van der Waals surface area contributed by atoms with E-state index in [2.05, 4.69) is 19.2 Å². The van der Waals surface area contributed by atoms with Gasteiger partial charge < -0.3 is 5.32 Å². The van der Waals surface area contributed by atoms with E-state index >= 15 is 0 Å². The molecular formula is C24H21Cl2N3O2. The second-order valence-corrected chi connectivity index (χ2v) is 9.83. The highest BCUT2D eigenvalue weighted by atomic mass is 35.5. The first-order valence-electron chi connectivity index (χ1n) is 10.2. The van der Waals surface area contributed by atoms with Crippen LogP contribution in [0.15, 0.2) is 36.4 Å². The van der Waals surface area contributed by atoms with Gasteiger partial charge in [0.05, 0.1) is 37.9 Å². The van der Waals surface area contributed by atoms with Crippen molar-refractivity contribution in [2.45, 2.75) is 44.9 Å². The number of halogens is 2. The first kappa shape index (κ1) is 20.4. The first-order valence-corrected chi connectivity index (χ1v) is 11.0. The number of carbonyl (C=O) groups is 2. The lowest BCUT2D eigenvalue weighted by Crippen LogP contribution is -2.46. The molecule has 3 aromatic rings. The van der Waals surface area contributed by atoms with E-state index < -0.39 is 5.41 Å². The van der Waals surface area contributed by atoms with Crippen molar-refractivity contribution in [1.82, 2.24) is 9.97 Å². The molecule has 2 unspecified atom stereocenters. The van der Waals surface area contributed by atoms with E-state index in [1.807, 2.05) is 0 Å². The third kappa shape index (κ3) is 2.76. The number of anilines is 1. The zero-order valence-corrected chi connectivity index (χ0v) is 18.9. The van der Waals surface area contributed by atoms with E-state index in [4.69, 9.17) is 33.2 Å². The lowest BCUT2D eigenvalue weighted by Gasteiger charge is -2.36. The molecule has 1 aromatic heterocycles. The standard InChI is InChI=1S/C24H21Cl2N3O2/c1-12(30)13-4-6-14(7-5-13)27-22(31)24-9-8-15(23(24,2)3)20-21(24)29-19-11-17(26)16(25)10-18(19)28-20/h4-7,10-11,15H,8-9H2,1-3H3,(H,27,31). The monoisotopic (exact) mass is 453 g/mol. The zero-order chi connectivity index (χ0) is 22.1. The van der Waals surface area contributed by atoms with Crippen LogP contribution in [0.4, 0.5) is 5.69 Å². The van der Waals surface area contributed by atoms with E-state index in [0.29, 0.717) is 38.8 Å². The molecule has 1 saturated carbocycles. The van der Waals surface area contributed by atoms with Crippen LogP contribution in [0.3, 0.4) is 0 Å². The molecule has 0 aliphatic heterocycles. The third-order valence-electron chi connectivity index (χ3n) is 7.18. The first-order chi connectivity index (χ1) is 14.6. The second-order valence-electron chi connectivity index (χ2n) is 9.02. The van der Waals surface area contributed by atoms with Gasteiger partial charge in [-0.05, 0) is 61.6 Å². The minimum atomic E-state index is -0.792. The zero-order valence-electron chi connectivity index (χ0n) is 17.4. The summed E-state index contributed by atoms with van der Waals surface area (Å²) in [6.45, 7) is 5.76. The van der Waals surface area contributed by atoms with Crippen LogP contribution < -0.4 is 5.32 Å². The fourth-order valence-electron chi connectivity index (χ4n) is 5.41. The number of nitrogens with one attached hydrogen (secondary N) is 1. The third-order valence-corrected chi connectivity index (χ3v) is 7.91. The summed E-state index contributed by atoms with van der Waals surface area (Å²) in [6, 6.07) is 10.4. The Kier molecular flexibility index (Phi) is 4.44. The normalized spacial score (nSPS) is 23.1. The second kappa shape index (κ2) is 6.75. The molecule has 1 N–H and O–H groups in total. The molecule has 0 spiro atoms. The van der Waals surface area contributed by atoms with E-state index in [1.54, 1.807) is 36.4 Å². The Morgan fingerprint density at radius 1 is 1.03 bits per heavy atom. The molecule has 158 valence electrons. The fraction of sp³-hybridized carbons (Fsp3) is 0.333. The minimum Gasteiger partial charge on any atom is -0.325 e. The van der Waals surface area contributed by atoms with Crippen molar-refractivity contribution in [3.05, 3.63) is 63.4 Å². The van der Waals surface area contributed by atoms with Gasteiger partial charge in [-0.25, -0.2) is 9.97 Å². The Balaban J connectivity index is 1.61.